The lowest BCUT2D eigenvalue weighted by Crippen LogP contribution is -2.12. The molecule has 72 valence electrons. The molecule has 3 heteroatoms. The van der Waals surface area contributed by atoms with Gasteiger partial charge in [-0.05, 0) is 37.1 Å². The number of nitrogens with one attached hydrogen (secondary N) is 1. The third-order valence-corrected chi connectivity index (χ3v) is 2.58. The second kappa shape index (κ2) is 4.85. The molecule has 1 aromatic rings. The molecule has 1 N–H and O–H groups in total. The number of halogens is 2. The molecule has 1 atom stereocenters. The molecule has 1 aliphatic heterocycles. The van der Waals surface area contributed by atoms with E-state index in [1.54, 1.807) is 0 Å². The predicted octanol–water partition coefficient (Wildman–Crippen LogP) is 3.19. The summed E-state index contributed by atoms with van der Waals surface area (Å²) < 4.78 is 0. The topological polar surface area (TPSA) is 12.0 Å². The summed E-state index contributed by atoms with van der Waals surface area (Å²) in [7, 11) is 0. The summed E-state index contributed by atoms with van der Waals surface area (Å²) in [5, 5.41) is 4.27. The van der Waals surface area contributed by atoms with E-state index in [2.05, 4.69) is 17.4 Å². The van der Waals surface area contributed by atoms with Gasteiger partial charge in [0.25, 0.3) is 0 Å². The first-order chi connectivity index (χ1) is 5.86. The highest BCUT2D eigenvalue weighted by Gasteiger charge is 2.15. The van der Waals surface area contributed by atoms with E-state index in [1.165, 1.54) is 18.4 Å². The summed E-state index contributed by atoms with van der Waals surface area (Å²) in [6.45, 7) is 1.15. The number of hydrogen-bond donors (Lipinski definition) is 1. The standard InChI is InChI=1S/C10H12ClN.ClH/c11-9-5-3-8(4-6-9)10-2-1-7-12-10;/h3-6,10,12H,1-2,7H2;1H/t10-;/m0./s1. The van der Waals surface area contributed by atoms with Crippen molar-refractivity contribution in [3.63, 3.8) is 0 Å². The molecule has 0 unspecified atom stereocenters. The third kappa shape index (κ3) is 2.60. The van der Waals surface area contributed by atoms with Crippen molar-refractivity contribution in [2.24, 2.45) is 0 Å². The minimum atomic E-state index is 0. The van der Waals surface area contributed by atoms with Crippen LogP contribution in [0.15, 0.2) is 24.3 Å². The van der Waals surface area contributed by atoms with E-state index >= 15 is 0 Å². The van der Waals surface area contributed by atoms with Crippen LogP contribution in [0.2, 0.25) is 5.02 Å². The lowest BCUT2D eigenvalue weighted by Gasteiger charge is -2.09. The van der Waals surface area contributed by atoms with Crippen LogP contribution in [0.4, 0.5) is 0 Å². The molecule has 0 radical (unpaired) electrons. The average molecular weight is 218 g/mol. The Kier molecular flexibility index (Phi) is 4.04. The second-order valence-corrected chi connectivity index (χ2v) is 3.64. The highest BCUT2D eigenvalue weighted by molar-refractivity contribution is 6.30. The van der Waals surface area contributed by atoms with Gasteiger partial charge in [-0.2, -0.15) is 0 Å². The van der Waals surface area contributed by atoms with Gasteiger partial charge >= 0.3 is 0 Å². The van der Waals surface area contributed by atoms with Crippen LogP contribution in [0, 0.1) is 0 Å². The van der Waals surface area contributed by atoms with E-state index < -0.39 is 0 Å². The van der Waals surface area contributed by atoms with Gasteiger partial charge in [-0.15, -0.1) is 12.4 Å². The Morgan fingerprint density at radius 2 is 1.92 bits per heavy atom. The molecule has 1 fully saturated rings. The molecule has 13 heavy (non-hydrogen) atoms. The van der Waals surface area contributed by atoms with Crippen LogP contribution < -0.4 is 5.32 Å². The largest absolute Gasteiger partial charge is 0.310 e. The predicted molar refractivity (Wildman–Crippen MR) is 58.7 cm³/mol. The first kappa shape index (κ1) is 10.8. The van der Waals surface area contributed by atoms with Gasteiger partial charge in [0.2, 0.25) is 0 Å². The molecule has 1 aliphatic rings. The number of hydrogen-bond acceptors (Lipinski definition) is 1. The maximum Gasteiger partial charge on any atom is 0.0406 e. The van der Waals surface area contributed by atoms with Crippen molar-refractivity contribution in [2.75, 3.05) is 6.54 Å². The average Bonchev–Trinajstić information content (AvgIpc) is 2.58. The lowest BCUT2D eigenvalue weighted by atomic mass is 10.1. The van der Waals surface area contributed by atoms with Gasteiger partial charge in [-0.3, -0.25) is 0 Å². The molecular weight excluding hydrogens is 205 g/mol. The normalized spacial score (nSPS) is 21.2. The van der Waals surface area contributed by atoms with Crippen molar-refractivity contribution in [3.8, 4) is 0 Å². The van der Waals surface area contributed by atoms with Crippen molar-refractivity contribution >= 4 is 24.0 Å². The van der Waals surface area contributed by atoms with Crippen LogP contribution >= 0.6 is 24.0 Å². The van der Waals surface area contributed by atoms with Gasteiger partial charge in [0, 0.05) is 11.1 Å². The summed E-state index contributed by atoms with van der Waals surface area (Å²) in [6.07, 6.45) is 2.54. The minimum absolute atomic E-state index is 0. The Hall–Kier alpha value is -0.240. The monoisotopic (exact) mass is 217 g/mol. The number of benzene rings is 1. The summed E-state index contributed by atoms with van der Waals surface area (Å²) in [6, 6.07) is 8.67. The van der Waals surface area contributed by atoms with Gasteiger partial charge in [0.1, 0.15) is 0 Å². The lowest BCUT2D eigenvalue weighted by molar-refractivity contribution is 0.648. The van der Waals surface area contributed by atoms with Gasteiger partial charge in [-0.25, -0.2) is 0 Å². The first-order valence-electron chi connectivity index (χ1n) is 4.35. The first-order valence-corrected chi connectivity index (χ1v) is 4.73. The van der Waals surface area contributed by atoms with Gasteiger partial charge in [0.15, 0.2) is 0 Å². The summed E-state index contributed by atoms with van der Waals surface area (Å²) in [5.41, 5.74) is 1.36. The molecule has 0 amide bonds. The van der Waals surface area contributed by atoms with Crippen LogP contribution in [0.25, 0.3) is 0 Å². The molecule has 1 nitrogen and oxygen atoms in total. The van der Waals surface area contributed by atoms with E-state index in [9.17, 15) is 0 Å². The number of rotatable bonds is 1. The zero-order valence-electron chi connectivity index (χ0n) is 7.29. The molecular formula is C10H13Cl2N. The fourth-order valence-corrected chi connectivity index (χ4v) is 1.79. The highest BCUT2D eigenvalue weighted by Crippen LogP contribution is 2.23. The summed E-state index contributed by atoms with van der Waals surface area (Å²) in [4.78, 5) is 0. The second-order valence-electron chi connectivity index (χ2n) is 3.20. The Labute approximate surface area is 89.9 Å². The van der Waals surface area contributed by atoms with E-state index in [1.807, 2.05) is 12.1 Å². The Balaban J connectivity index is 0.000000845. The molecule has 1 aromatic carbocycles. The molecule has 0 bridgehead atoms. The van der Waals surface area contributed by atoms with Crippen molar-refractivity contribution in [3.05, 3.63) is 34.9 Å². The Morgan fingerprint density at radius 1 is 1.23 bits per heavy atom. The third-order valence-electron chi connectivity index (χ3n) is 2.33. The Morgan fingerprint density at radius 3 is 2.46 bits per heavy atom. The fraction of sp³-hybridized carbons (Fsp3) is 0.400. The van der Waals surface area contributed by atoms with Gasteiger partial charge in [0.05, 0.1) is 0 Å². The summed E-state index contributed by atoms with van der Waals surface area (Å²) in [5.74, 6) is 0. The SMILES string of the molecule is Cl.Clc1ccc([C@@H]2CCCN2)cc1. The zero-order valence-corrected chi connectivity index (χ0v) is 8.87. The smallest absolute Gasteiger partial charge is 0.0406 e. The van der Waals surface area contributed by atoms with Crippen LogP contribution in [-0.2, 0) is 0 Å². The van der Waals surface area contributed by atoms with Gasteiger partial charge < -0.3 is 5.32 Å². The molecule has 1 saturated heterocycles. The van der Waals surface area contributed by atoms with Gasteiger partial charge in [-0.1, -0.05) is 23.7 Å². The van der Waals surface area contributed by atoms with E-state index in [0.717, 1.165) is 11.6 Å². The van der Waals surface area contributed by atoms with Crippen molar-refractivity contribution in [2.45, 2.75) is 18.9 Å². The fourth-order valence-electron chi connectivity index (χ4n) is 1.66. The molecule has 0 aliphatic carbocycles. The molecule has 0 saturated carbocycles. The van der Waals surface area contributed by atoms with Crippen LogP contribution in [-0.4, -0.2) is 6.54 Å². The van der Waals surface area contributed by atoms with E-state index in [0.29, 0.717) is 6.04 Å². The minimum Gasteiger partial charge on any atom is -0.310 e. The Bertz CT molecular complexity index is 252. The highest BCUT2D eigenvalue weighted by atomic mass is 35.5. The van der Waals surface area contributed by atoms with E-state index in [4.69, 9.17) is 11.6 Å². The van der Waals surface area contributed by atoms with Crippen LogP contribution in [0.5, 0.6) is 0 Å². The zero-order chi connectivity index (χ0) is 8.39. The molecule has 0 aromatic heterocycles. The maximum atomic E-state index is 5.80. The summed E-state index contributed by atoms with van der Waals surface area (Å²) >= 11 is 5.80. The van der Waals surface area contributed by atoms with Crippen LogP contribution in [0.3, 0.4) is 0 Å². The molecule has 2 rings (SSSR count). The molecule has 0 spiro atoms. The van der Waals surface area contributed by atoms with E-state index in [-0.39, 0.29) is 12.4 Å². The molecule has 1 heterocycles. The van der Waals surface area contributed by atoms with Crippen LogP contribution in [0.1, 0.15) is 24.4 Å². The maximum absolute atomic E-state index is 5.80. The van der Waals surface area contributed by atoms with Crippen molar-refractivity contribution < 1.29 is 0 Å². The van der Waals surface area contributed by atoms with Crippen molar-refractivity contribution in [1.82, 2.24) is 5.32 Å². The quantitative estimate of drug-likeness (QED) is 0.763. The van der Waals surface area contributed by atoms with Crippen molar-refractivity contribution in [1.29, 1.82) is 0 Å².